The van der Waals surface area contributed by atoms with Gasteiger partial charge in [0.15, 0.2) is 0 Å². The van der Waals surface area contributed by atoms with Gasteiger partial charge < -0.3 is 9.64 Å². The molecule has 1 atom stereocenters. The lowest BCUT2D eigenvalue weighted by Crippen LogP contribution is -2.20. The molecule has 1 aliphatic rings. The first-order chi connectivity index (χ1) is 10.7. The molecule has 2 heterocycles. The second-order valence-corrected chi connectivity index (χ2v) is 5.38. The van der Waals surface area contributed by atoms with Gasteiger partial charge in [-0.3, -0.25) is 4.79 Å². The van der Waals surface area contributed by atoms with Crippen molar-refractivity contribution in [2.45, 2.75) is 12.3 Å². The molecule has 0 bridgehead atoms. The molecule has 0 saturated carbocycles. The zero-order chi connectivity index (χ0) is 15.5. The first kappa shape index (κ1) is 14.5. The van der Waals surface area contributed by atoms with E-state index in [0.29, 0.717) is 11.3 Å². The first-order valence-electron chi connectivity index (χ1n) is 7.21. The predicted molar refractivity (Wildman–Crippen MR) is 82.1 cm³/mol. The van der Waals surface area contributed by atoms with Crippen molar-refractivity contribution in [3.8, 4) is 5.75 Å². The molecule has 1 aromatic carbocycles. The Bertz CT molecular complexity index is 673. The summed E-state index contributed by atoms with van der Waals surface area (Å²) in [4.78, 5) is 17.6. The minimum Gasteiger partial charge on any atom is -0.497 e. The monoisotopic (exact) mass is 300 g/mol. The number of aldehydes is 1. The molecule has 1 aliphatic heterocycles. The maximum atomic E-state index is 13.0. The van der Waals surface area contributed by atoms with Gasteiger partial charge in [0.2, 0.25) is 0 Å². The zero-order valence-electron chi connectivity index (χ0n) is 12.3. The van der Waals surface area contributed by atoms with Crippen LogP contribution in [0.3, 0.4) is 0 Å². The number of hydrogen-bond donors (Lipinski definition) is 0. The lowest BCUT2D eigenvalue weighted by Gasteiger charge is -2.18. The number of pyridine rings is 1. The van der Waals surface area contributed by atoms with E-state index in [9.17, 15) is 9.18 Å². The van der Waals surface area contributed by atoms with Crippen molar-refractivity contribution < 1.29 is 13.9 Å². The van der Waals surface area contributed by atoms with Crippen molar-refractivity contribution in [2.75, 3.05) is 25.1 Å². The third-order valence-corrected chi connectivity index (χ3v) is 4.08. The van der Waals surface area contributed by atoms with E-state index >= 15 is 0 Å². The smallest absolute Gasteiger partial charge is 0.150 e. The van der Waals surface area contributed by atoms with Crippen molar-refractivity contribution in [1.29, 1.82) is 0 Å². The van der Waals surface area contributed by atoms with Crippen LogP contribution >= 0.6 is 0 Å². The average Bonchev–Trinajstić information content (AvgIpc) is 3.04. The van der Waals surface area contributed by atoms with Crippen LogP contribution in [0.5, 0.6) is 5.75 Å². The van der Waals surface area contributed by atoms with Crippen LogP contribution in [0.25, 0.3) is 0 Å². The Hall–Kier alpha value is -2.43. The summed E-state index contributed by atoms with van der Waals surface area (Å²) in [6, 6.07) is 8.70. The number of methoxy groups -OCH3 is 1. The number of halogens is 1. The number of aromatic nitrogens is 1. The number of ether oxygens (including phenoxy) is 1. The van der Waals surface area contributed by atoms with Gasteiger partial charge >= 0.3 is 0 Å². The summed E-state index contributed by atoms with van der Waals surface area (Å²) in [5.41, 5.74) is 1.69. The largest absolute Gasteiger partial charge is 0.497 e. The summed E-state index contributed by atoms with van der Waals surface area (Å²) in [6.07, 6.45) is 3.04. The van der Waals surface area contributed by atoms with Crippen LogP contribution in [0, 0.1) is 5.82 Å². The molecule has 0 spiro atoms. The molecule has 1 unspecified atom stereocenters. The minimum atomic E-state index is -0.335. The number of anilines is 1. The van der Waals surface area contributed by atoms with Gasteiger partial charge in [-0.2, -0.15) is 0 Å². The summed E-state index contributed by atoms with van der Waals surface area (Å²) in [6.45, 7) is 1.61. The molecule has 1 aromatic heterocycles. The summed E-state index contributed by atoms with van der Waals surface area (Å²) in [5.74, 6) is 1.38. The second kappa shape index (κ2) is 6.13. The Kier molecular flexibility index (Phi) is 4.04. The van der Waals surface area contributed by atoms with Crippen molar-refractivity contribution in [3.63, 3.8) is 0 Å². The van der Waals surface area contributed by atoms with E-state index in [4.69, 9.17) is 4.74 Å². The van der Waals surface area contributed by atoms with Crippen molar-refractivity contribution in [1.82, 2.24) is 4.98 Å². The highest BCUT2D eigenvalue weighted by Crippen LogP contribution is 2.32. The third kappa shape index (κ3) is 2.79. The predicted octanol–water partition coefficient (Wildman–Crippen LogP) is 3.04. The van der Waals surface area contributed by atoms with Crippen LogP contribution < -0.4 is 9.64 Å². The molecule has 22 heavy (non-hydrogen) atoms. The summed E-state index contributed by atoms with van der Waals surface area (Å²) >= 11 is 0. The van der Waals surface area contributed by atoms with Gasteiger partial charge in [0.1, 0.15) is 23.7 Å². The number of hydrogen-bond acceptors (Lipinski definition) is 4. The standard InChI is InChI=1S/C17H17FN2O2/c1-22-15-3-4-16(13(8-15)11-21)12-6-7-20(10-12)17-5-2-14(18)9-19-17/h2-5,8-9,11-12H,6-7,10H2,1H3. The molecular formula is C17H17FN2O2. The molecule has 0 amide bonds. The van der Waals surface area contributed by atoms with E-state index < -0.39 is 0 Å². The van der Waals surface area contributed by atoms with E-state index in [2.05, 4.69) is 9.88 Å². The highest BCUT2D eigenvalue weighted by Gasteiger charge is 2.26. The Morgan fingerprint density at radius 3 is 2.91 bits per heavy atom. The number of carbonyl (C=O) groups is 1. The van der Waals surface area contributed by atoms with Crippen molar-refractivity contribution in [2.24, 2.45) is 0 Å². The lowest BCUT2D eigenvalue weighted by atomic mass is 9.94. The van der Waals surface area contributed by atoms with Gasteiger partial charge in [0, 0.05) is 24.6 Å². The average molecular weight is 300 g/mol. The molecular weight excluding hydrogens is 283 g/mol. The number of carbonyl (C=O) groups excluding carboxylic acids is 1. The molecule has 5 heteroatoms. The molecule has 0 radical (unpaired) electrons. The highest BCUT2D eigenvalue weighted by molar-refractivity contribution is 5.78. The maximum Gasteiger partial charge on any atom is 0.150 e. The van der Waals surface area contributed by atoms with E-state index in [1.54, 1.807) is 19.2 Å². The Balaban J connectivity index is 1.80. The highest BCUT2D eigenvalue weighted by atomic mass is 19.1. The molecule has 1 fully saturated rings. The van der Waals surface area contributed by atoms with Gasteiger partial charge in [0.25, 0.3) is 0 Å². The summed E-state index contributed by atoms with van der Waals surface area (Å²) in [7, 11) is 1.58. The van der Waals surface area contributed by atoms with Crippen molar-refractivity contribution in [3.05, 3.63) is 53.5 Å². The normalized spacial score (nSPS) is 17.5. The molecule has 4 nitrogen and oxygen atoms in total. The van der Waals surface area contributed by atoms with E-state index in [0.717, 1.165) is 37.2 Å². The SMILES string of the molecule is COc1ccc(C2CCN(c3ccc(F)cn3)C2)c(C=O)c1. The quantitative estimate of drug-likeness (QED) is 0.814. The van der Waals surface area contributed by atoms with Crippen molar-refractivity contribution >= 4 is 12.1 Å². The van der Waals surface area contributed by atoms with Gasteiger partial charge in [-0.25, -0.2) is 9.37 Å². The van der Waals surface area contributed by atoms with E-state index in [1.807, 2.05) is 12.1 Å². The van der Waals surface area contributed by atoms with Gasteiger partial charge in [0.05, 0.1) is 13.3 Å². The fourth-order valence-corrected chi connectivity index (χ4v) is 2.93. The molecule has 114 valence electrons. The Morgan fingerprint density at radius 2 is 2.23 bits per heavy atom. The fourth-order valence-electron chi connectivity index (χ4n) is 2.93. The fraction of sp³-hybridized carbons (Fsp3) is 0.294. The molecule has 3 rings (SSSR count). The van der Waals surface area contributed by atoms with Gasteiger partial charge in [-0.1, -0.05) is 6.07 Å². The van der Waals surface area contributed by atoms with Crippen LogP contribution in [0.1, 0.15) is 28.3 Å². The molecule has 0 aliphatic carbocycles. The number of nitrogens with zero attached hydrogens (tertiary/aromatic N) is 2. The topological polar surface area (TPSA) is 42.4 Å². The summed E-state index contributed by atoms with van der Waals surface area (Å²) in [5, 5.41) is 0. The molecule has 2 aromatic rings. The summed E-state index contributed by atoms with van der Waals surface area (Å²) < 4.78 is 18.1. The lowest BCUT2D eigenvalue weighted by molar-refractivity contribution is 0.112. The van der Waals surface area contributed by atoms with Crippen LogP contribution in [0.15, 0.2) is 36.5 Å². The van der Waals surface area contributed by atoms with Crippen LogP contribution in [-0.2, 0) is 0 Å². The molecule has 1 saturated heterocycles. The Labute approximate surface area is 128 Å². The Morgan fingerprint density at radius 1 is 1.36 bits per heavy atom. The van der Waals surface area contributed by atoms with Gasteiger partial charge in [-0.05, 0) is 36.2 Å². The second-order valence-electron chi connectivity index (χ2n) is 5.38. The van der Waals surface area contributed by atoms with E-state index in [1.165, 1.54) is 12.3 Å². The van der Waals surface area contributed by atoms with E-state index in [-0.39, 0.29) is 11.7 Å². The third-order valence-electron chi connectivity index (χ3n) is 4.08. The van der Waals surface area contributed by atoms with Gasteiger partial charge in [-0.15, -0.1) is 0 Å². The van der Waals surface area contributed by atoms with Crippen LogP contribution in [0.2, 0.25) is 0 Å². The maximum absolute atomic E-state index is 13.0. The van der Waals surface area contributed by atoms with Crippen LogP contribution in [-0.4, -0.2) is 31.5 Å². The number of rotatable bonds is 4. The minimum absolute atomic E-state index is 0.262. The van der Waals surface area contributed by atoms with Crippen LogP contribution in [0.4, 0.5) is 10.2 Å². The first-order valence-corrected chi connectivity index (χ1v) is 7.21. The molecule has 0 N–H and O–H groups in total. The number of benzene rings is 1. The zero-order valence-corrected chi connectivity index (χ0v) is 12.3.